The fourth-order valence-corrected chi connectivity index (χ4v) is 8.49. The highest BCUT2D eigenvalue weighted by Gasteiger charge is 2.41. The van der Waals surface area contributed by atoms with Crippen molar-refractivity contribution in [2.24, 2.45) is 0 Å². The van der Waals surface area contributed by atoms with E-state index in [9.17, 15) is 26.4 Å². The molecule has 4 aromatic rings. The van der Waals surface area contributed by atoms with Gasteiger partial charge in [-0.05, 0) is 103 Å². The second kappa shape index (κ2) is 13.0. The van der Waals surface area contributed by atoms with Crippen molar-refractivity contribution in [3.8, 4) is 22.9 Å². The molecule has 1 aliphatic heterocycles. The lowest BCUT2D eigenvalue weighted by molar-refractivity contribution is 0.0810. The summed E-state index contributed by atoms with van der Waals surface area (Å²) in [6, 6.07) is 14.8. The summed E-state index contributed by atoms with van der Waals surface area (Å²) in [5.41, 5.74) is 10.8. The molecule has 0 amide bonds. The van der Waals surface area contributed by atoms with Crippen molar-refractivity contribution in [3.05, 3.63) is 100 Å². The number of benzene rings is 3. The zero-order valence-corrected chi connectivity index (χ0v) is 27.6. The Balaban J connectivity index is 1.09. The van der Waals surface area contributed by atoms with E-state index >= 15 is 0 Å². The molecular formula is C36H35F3N4O5S. The number of rotatable bonds is 11. The number of hydrogen-bond acceptors (Lipinski definition) is 7. The molecule has 1 saturated carbocycles. The molecule has 256 valence electrons. The van der Waals surface area contributed by atoms with Gasteiger partial charge in [-0.1, -0.05) is 18.2 Å². The number of ether oxygens (including phenoxy) is 2. The molecule has 0 atom stereocenters. The van der Waals surface area contributed by atoms with Crippen molar-refractivity contribution >= 4 is 27.7 Å². The lowest BCUT2D eigenvalue weighted by Gasteiger charge is -2.32. The maximum Gasteiger partial charge on any atom is 0.272 e. The van der Waals surface area contributed by atoms with E-state index in [0.29, 0.717) is 73.5 Å². The summed E-state index contributed by atoms with van der Waals surface area (Å²) in [6.45, 7) is 1.77. The number of nitrogens with two attached hydrogens (primary N) is 1. The number of carbonyl (C=O) groups excluding carboxylic acids is 1. The van der Waals surface area contributed by atoms with Gasteiger partial charge < -0.3 is 15.2 Å². The summed E-state index contributed by atoms with van der Waals surface area (Å²) < 4.78 is 80.3. The second-order valence-corrected chi connectivity index (χ2v) is 14.9. The number of carbonyl (C=O) groups is 1. The van der Waals surface area contributed by atoms with Crippen molar-refractivity contribution in [1.82, 2.24) is 14.1 Å². The average molecular weight is 693 g/mol. The summed E-state index contributed by atoms with van der Waals surface area (Å²) in [6.07, 6.45) is 3.24. The Morgan fingerprint density at radius 1 is 1.04 bits per heavy atom. The van der Waals surface area contributed by atoms with Gasteiger partial charge in [0.05, 0.1) is 22.7 Å². The van der Waals surface area contributed by atoms with Crippen LogP contribution in [-0.4, -0.2) is 59.7 Å². The van der Waals surface area contributed by atoms with Crippen molar-refractivity contribution in [3.63, 3.8) is 0 Å². The first-order chi connectivity index (χ1) is 23.5. The highest BCUT2D eigenvalue weighted by atomic mass is 32.2. The fraction of sp³-hybridized carbons (Fsp3) is 0.333. The average Bonchev–Trinajstić information content (AvgIpc) is 3.77. The van der Waals surface area contributed by atoms with Gasteiger partial charge in [0, 0.05) is 25.1 Å². The molecule has 3 aliphatic rings. The van der Waals surface area contributed by atoms with Crippen LogP contribution in [-0.2, 0) is 16.4 Å². The third-order valence-corrected chi connectivity index (χ3v) is 11.7. The second-order valence-electron chi connectivity index (χ2n) is 12.7. The summed E-state index contributed by atoms with van der Waals surface area (Å²) in [5, 5.41) is 4.11. The van der Waals surface area contributed by atoms with Gasteiger partial charge in [0.15, 0.2) is 17.3 Å². The predicted molar refractivity (Wildman–Crippen MR) is 179 cm³/mol. The number of sulfonamides is 1. The van der Waals surface area contributed by atoms with Crippen molar-refractivity contribution in [2.75, 3.05) is 25.4 Å². The number of alkyl halides is 2. The van der Waals surface area contributed by atoms with E-state index in [1.54, 1.807) is 46.8 Å². The van der Waals surface area contributed by atoms with Crippen LogP contribution >= 0.6 is 0 Å². The van der Waals surface area contributed by atoms with Crippen LogP contribution in [0, 0.1) is 12.7 Å². The molecule has 2 N–H and O–H groups in total. The molecule has 7 rings (SSSR count). The third kappa shape index (κ3) is 6.56. The molecule has 3 aromatic carbocycles. The zero-order chi connectivity index (χ0) is 34.4. The first-order valence-electron chi connectivity index (χ1n) is 16.2. The highest BCUT2D eigenvalue weighted by molar-refractivity contribution is 7.90. The molecule has 49 heavy (non-hydrogen) atoms. The third-order valence-electron chi connectivity index (χ3n) is 9.35. The van der Waals surface area contributed by atoms with Gasteiger partial charge in [-0.2, -0.15) is 5.10 Å². The van der Waals surface area contributed by atoms with E-state index in [1.165, 1.54) is 23.0 Å². The van der Waals surface area contributed by atoms with E-state index < -0.39 is 28.9 Å². The Labute approximate surface area is 282 Å². The van der Waals surface area contributed by atoms with Gasteiger partial charge in [0.2, 0.25) is 10.0 Å². The van der Waals surface area contributed by atoms with Crippen LogP contribution in [0.2, 0.25) is 0 Å². The minimum absolute atomic E-state index is 0.0796. The molecule has 0 spiro atoms. The summed E-state index contributed by atoms with van der Waals surface area (Å²) in [4.78, 5) is 13.8. The molecule has 0 bridgehead atoms. The van der Waals surface area contributed by atoms with Crippen molar-refractivity contribution in [1.29, 1.82) is 0 Å². The number of piperidine rings is 1. The fourth-order valence-electron chi connectivity index (χ4n) is 6.61. The number of Topliss-reactive ketones (excluding diaryl/α,β-unsaturated/α-hetero) is 1. The molecule has 0 unspecified atom stereocenters. The van der Waals surface area contributed by atoms with E-state index in [1.807, 2.05) is 13.0 Å². The zero-order valence-electron chi connectivity index (χ0n) is 26.7. The standard InChI is InChI=1S/C36H35F3N4O5S/c1-21-14-26(48-32-5-3-2-4-30(32)37)6-9-31(21)43-36(40)29(19-41-43)35(44)25-15-23-17-28(33(18-24(23)16-25)47-20-34(38)39)22-10-12-42(13-11-22)49(45,46)27-7-8-27/h2-6,9,14,16-19,22,27,34H,7-8,10-13,15,20,40H2,1H3. The largest absolute Gasteiger partial charge is 0.487 e. The predicted octanol–water partition coefficient (Wildman–Crippen LogP) is 6.83. The number of halogens is 3. The van der Waals surface area contributed by atoms with Crippen molar-refractivity contribution < 1.29 is 35.9 Å². The number of nitrogen functional groups attached to an aromatic ring is 1. The van der Waals surface area contributed by atoms with Gasteiger partial charge in [0.1, 0.15) is 23.9 Å². The highest BCUT2D eigenvalue weighted by Crippen LogP contribution is 2.42. The lowest BCUT2D eigenvalue weighted by Crippen LogP contribution is -2.39. The van der Waals surface area contributed by atoms with Gasteiger partial charge in [-0.25, -0.2) is 30.6 Å². The van der Waals surface area contributed by atoms with E-state index in [-0.39, 0.29) is 34.1 Å². The molecule has 2 heterocycles. The lowest BCUT2D eigenvalue weighted by atomic mass is 9.87. The molecule has 13 heteroatoms. The van der Waals surface area contributed by atoms with Crippen LogP contribution in [0.25, 0.3) is 11.8 Å². The first kappa shape index (κ1) is 32.9. The van der Waals surface area contributed by atoms with Gasteiger partial charge in [-0.15, -0.1) is 0 Å². The number of para-hydroxylation sites is 1. The summed E-state index contributed by atoms with van der Waals surface area (Å²) >= 11 is 0. The SMILES string of the molecule is Cc1cc(Oc2ccccc2F)ccc1-n1ncc(C(=O)C2=Cc3cc(OCC(F)F)c(C4CCN(S(=O)(=O)C5CC5)CC4)cc3C2)c1N. The number of aromatic nitrogens is 2. The number of hydrogen-bond donors (Lipinski definition) is 1. The Morgan fingerprint density at radius 3 is 2.49 bits per heavy atom. The minimum atomic E-state index is -3.29. The number of anilines is 1. The Hall–Kier alpha value is -4.62. The monoisotopic (exact) mass is 692 g/mol. The van der Waals surface area contributed by atoms with Crippen LogP contribution in [0.5, 0.6) is 17.2 Å². The van der Waals surface area contributed by atoms with Crippen LogP contribution in [0.1, 0.15) is 64.2 Å². The molecular weight excluding hydrogens is 657 g/mol. The van der Waals surface area contributed by atoms with Crippen LogP contribution in [0.3, 0.4) is 0 Å². The molecule has 1 aromatic heterocycles. The molecule has 9 nitrogen and oxygen atoms in total. The number of ketones is 1. The van der Waals surface area contributed by atoms with Crippen molar-refractivity contribution in [2.45, 2.75) is 56.6 Å². The summed E-state index contributed by atoms with van der Waals surface area (Å²) in [5.74, 6) is 0.0995. The Morgan fingerprint density at radius 2 is 1.80 bits per heavy atom. The minimum Gasteiger partial charge on any atom is -0.487 e. The van der Waals surface area contributed by atoms with E-state index in [2.05, 4.69) is 5.10 Å². The van der Waals surface area contributed by atoms with Crippen LogP contribution in [0.4, 0.5) is 19.0 Å². The molecule has 2 aliphatic carbocycles. The Bertz CT molecular complexity index is 2070. The number of aryl methyl sites for hydroxylation is 1. The normalized spacial score (nSPS) is 16.9. The van der Waals surface area contributed by atoms with Gasteiger partial charge >= 0.3 is 0 Å². The molecule has 0 radical (unpaired) electrons. The first-order valence-corrected chi connectivity index (χ1v) is 17.7. The van der Waals surface area contributed by atoms with Gasteiger partial charge in [-0.3, -0.25) is 4.79 Å². The maximum absolute atomic E-state index is 14.1. The number of allylic oxidation sites excluding steroid dienone is 1. The maximum atomic E-state index is 14.1. The van der Waals surface area contributed by atoms with Gasteiger partial charge in [0.25, 0.3) is 6.43 Å². The Kier molecular flexibility index (Phi) is 8.74. The number of fused-ring (bicyclic) bond motifs is 1. The van der Waals surface area contributed by atoms with Crippen LogP contribution < -0.4 is 15.2 Å². The topological polar surface area (TPSA) is 117 Å². The number of nitrogens with zero attached hydrogens (tertiary/aromatic N) is 3. The van der Waals surface area contributed by atoms with E-state index in [0.717, 1.165) is 16.7 Å². The smallest absolute Gasteiger partial charge is 0.272 e. The summed E-state index contributed by atoms with van der Waals surface area (Å²) in [7, 11) is -3.29. The molecule has 2 fully saturated rings. The van der Waals surface area contributed by atoms with E-state index in [4.69, 9.17) is 15.2 Å². The van der Waals surface area contributed by atoms with Crippen LogP contribution in [0.15, 0.2) is 66.4 Å². The quantitative estimate of drug-likeness (QED) is 0.171. The molecule has 1 saturated heterocycles.